The number of hydrogen-bond acceptors (Lipinski definition) is 1. The number of rotatable bonds is 3. The Morgan fingerprint density at radius 1 is 1.00 bits per heavy atom. The molecule has 1 N–H and O–H groups in total. The molecule has 1 aliphatic carbocycles. The number of carbonyl (C=O) groups is 1. The second kappa shape index (κ2) is 4.73. The van der Waals surface area contributed by atoms with Crippen molar-refractivity contribution in [2.45, 2.75) is 39.0 Å². The summed E-state index contributed by atoms with van der Waals surface area (Å²) >= 11 is 0. The van der Waals surface area contributed by atoms with Crippen molar-refractivity contribution in [1.82, 2.24) is 0 Å². The summed E-state index contributed by atoms with van der Waals surface area (Å²) in [6.45, 7) is 6.36. The standard InChI is InChI=1S/C19H20O2/c1-12-10-13(2)17(14(3)11-12)15-4-6-16(7-5-15)19(8-9-19)18(20)21/h4-7,10-11H,8-9H2,1-3H3,(H,20,21). The average Bonchev–Trinajstić information content (AvgIpc) is 3.19. The van der Waals surface area contributed by atoms with Crippen LogP contribution in [-0.4, -0.2) is 11.1 Å². The molecule has 2 aromatic carbocycles. The molecule has 0 unspecified atom stereocenters. The predicted molar refractivity (Wildman–Crippen MR) is 84.6 cm³/mol. The van der Waals surface area contributed by atoms with Gasteiger partial charge in [-0.2, -0.15) is 0 Å². The fourth-order valence-corrected chi connectivity index (χ4v) is 3.34. The third-order valence-electron chi connectivity index (χ3n) is 4.56. The summed E-state index contributed by atoms with van der Waals surface area (Å²) in [6, 6.07) is 12.5. The molecule has 1 fully saturated rings. The summed E-state index contributed by atoms with van der Waals surface area (Å²) in [7, 11) is 0. The Morgan fingerprint density at radius 2 is 1.52 bits per heavy atom. The molecule has 0 radical (unpaired) electrons. The number of hydrogen-bond donors (Lipinski definition) is 1. The molecule has 21 heavy (non-hydrogen) atoms. The average molecular weight is 280 g/mol. The topological polar surface area (TPSA) is 37.3 Å². The molecular weight excluding hydrogens is 260 g/mol. The van der Waals surface area contributed by atoms with Crippen LogP contribution in [0.1, 0.15) is 35.1 Å². The summed E-state index contributed by atoms with van der Waals surface area (Å²) in [4.78, 5) is 11.4. The molecular formula is C19H20O2. The van der Waals surface area contributed by atoms with Gasteiger partial charge in [-0.25, -0.2) is 0 Å². The molecule has 0 spiro atoms. The lowest BCUT2D eigenvalue weighted by atomic mass is 9.90. The van der Waals surface area contributed by atoms with Crippen molar-refractivity contribution in [3.63, 3.8) is 0 Å². The Balaban J connectivity index is 2.01. The van der Waals surface area contributed by atoms with Crippen LogP contribution < -0.4 is 0 Å². The highest BCUT2D eigenvalue weighted by atomic mass is 16.4. The fourth-order valence-electron chi connectivity index (χ4n) is 3.34. The molecule has 0 amide bonds. The Labute approximate surface area is 125 Å². The number of aryl methyl sites for hydroxylation is 3. The van der Waals surface area contributed by atoms with Crippen molar-refractivity contribution in [2.75, 3.05) is 0 Å². The van der Waals surface area contributed by atoms with E-state index < -0.39 is 11.4 Å². The van der Waals surface area contributed by atoms with E-state index in [1.807, 2.05) is 12.1 Å². The van der Waals surface area contributed by atoms with Crippen molar-refractivity contribution in [1.29, 1.82) is 0 Å². The minimum Gasteiger partial charge on any atom is -0.481 e. The lowest BCUT2D eigenvalue weighted by Gasteiger charge is -2.14. The predicted octanol–water partition coefficient (Wildman–Crippen LogP) is 4.40. The van der Waals surface area contributed by atoms with Crippen molar-refractivity contribution in [3.05, 3.63) is 58.7 Å². The summed E-state index contributed by atoms with van der Waals surface area (Å²) in [5.74, 6) is -0.696. The van der Waals surface area contributed by atoms with E-state index in [-0.39, 0.29) is 0 Å². The lowest BCUT2D eigenvalue weighted by Crippen LogP contribution is -2.19. The lowest BCUT2D eigenvalue weighted by molar-refractivity contribution is -0.140. The minimum atomic E-state index is -0.696. The van der Waals surface area contributed by atoms with Crippen molar-refractivity contribution in [3.8, 4) is 11.1 Å². The smallest absolute Gasteiger partial charge is 0.314 e. The van der Waals surface area contributed by atoms with Crippen LogP contribution in [0.2, 0.25) is 0 Å². The third-order valence-corrected chi connectivity index (χ3v) is 4.56. The number of carboxylic acids is 1. The number of benzene rings is 2. The maximum absolute atomic E-state index is 11.4. The number of carboxylic acid groups (broad SMARTS) is 1. The largest absolute Gasteiger partial charge is 0.481 e. The van der Waals surface area contributed by atoms with E-state index in [2.05, 4.69) is 45.0 Å². The minimum absolute atomic E-state index is 0.615. The molecule has 0 heterocycles. The maximum atomic E-state index is 11.4. The van der Waals surface area contributed by atoms with Crippen molar-refractivity contribution in [2.24, 2.45) is 0 Å². The summed E-state index contributed by atoms with van der Waals surface area (Å²) in [5, 5.41) is 9.36. The van der Waals surface area contributed by atoms with Crippen molar-refractivity contribution >= 4 is 5.97 Å². The van der Waals surface area contributed by atoms with Gasteiger partial charge in [0.15, 0.2) is 0 Å². The van der Waals surface area contributed by atoms with Gasteiger partial charge in [-0.05, 0) is 61.4 Å². The fraction of sp³-hybridized carbons (Fsp3) is 0.316. The van der Waals surface area contributed by atoms with Crippen LogP contribution in [0.4, 0.5) is 0 Å². The third kappa shape index (κ3) is 2.25. The Bertz CT molecular complexity index is 684. The van der Waals surface area contributed by atoms with Gasteiger partial charge in [0.25, 0.3) is 0 Å². The van der Waals surface area contributed by atoms with Crippen LogP contribution >= 0.6 is 0 Å². The maximum Gasteiger partial charge on any atom is 0.314 e. The van der Waals surface area contributed by atoms with Gasteiger partial charge >= 0.3 is 5.97 Å². The zero-order valence-electron chi connectivity index (χ0n) is 12.7. The van der Waals surface area contributed by atoms with Crippen LogP contribution in [0, 0.1) is 20.8 Å². The molecule has 108 valence electrons. The normalized spacial score (nSPS) is 15.8. The zero-order chi connectivity index (χ0) is 15.2. The first-order chi connectivity index (χ1) is 9.94. The van der Waals surface area contributed by atoms with Gasteiger partial charge in [0.1, 0.15) is 0 Å². The first-order valence-corrected chi connectivity index (χ1v) is 7.36. The van der Waals surface area contributed by atoms with E-state index in [1.54, 1.807) is 0 Å². The molecule has 0 aromatic heterocycles. The van der Waals surface area contributed by atoms with Crippen molar-refractivity contribution < 1.29 is 9.90 Å². The highest BCUT2D eigenvalue weighted by Crippen LogP contribution is 2.48. The van der Waals surface area contributed by atoms with Gasteiger partial charge in [0.2, 0.25) is 0 Å². The molecule has 2 aromatic rings. The van der Waals surface area contributed by atoms with Crippen LogP contribution in [0.25, 0.3) is 11.1 Å². The highest BCUT2D eigenvalue weighted by molar-refractivity contribution is 5.85. The van der Waals surface area contributed by atoms with Crippen LogP contribution in [0.15, 0.2) is 36.4 Å². The quantitative estimate of drug-likeness (QED) is 0.905. The van der Waals surface area contributed by atoms with Gasteiger partial charge in [-0.3, -0.25) is 4.79 Å². The van der Waals surface area contributed by atoms with Gasteiger partial charge < -0.3 is 5.11 Å². The van der Waals surface area contributed by atoms with E-state index >= 15 is 0 Å². The van der Waals surface area contributed by atoms with E-state index in [0.717, 1.165) is 24.0 Å². The molecule has 3 rings (SSSR count). The molecule has 2 heteroatoms. The number of aliphatic carboxylic acids is 1. The molecule has 2 nitrogen and oxygen atoms in total. The van der Waals surface area contributed by atoms with E-state index in [4.69, 9.17) is 0 Å². The molecule has 0 bridgehead atoms. The first-order valence-electron chi connectivity index (χ1n) is 7.36. The monoisotopic (exact) mass is 280 g/mol. The summed E-state index contributed by atoms with van der Waals surface area (Å²) in [6.07, 6.45) is 1.51. The molecule has 0 aliphatic heterocycles. The Morgan fingerprint density at radius 3 is 1.95 bits per heavy atom. The molecule has 1 saturated carbocycles. The van der Waals surface area contributed by atoms with Crippen LogP contribution in [0.5, 0.6) is 0 Å². The van der Waals surface area contributed by atoms with E-state index in [0.29, 0.717) is 0 Å². The molecule has 1 aliphatic rings. The second-order valence-corrected chi connectivity index (χ2v) is 6.24. The highest BCUT2D eigenvalue weighted by Gasteiger charge is 2.51. The summed E-state index contributed by atoms with van der Waals surface area (Å²) in [5.41, 5.74) is 6.53. The van der Waals surface area contributed by atoms with Gasteiger partial charge in [0, 0.05) is 0 Å². The SMILES string of the molecule is Cc1cc(C)c(-c2ccc(C3(C(=O)O)CC3)cc2)c(C)c1. The second-order valence-electron chi connectivity index (χ2n) is 6.24. The van der Waals surface area contributed by atoms with E-state index in [9.17, 15) is 9.90 Å². The Kier molecular flexibility index (Phi) is 3.12. The molecule has 0 saturated heterocycles. The zero-order valence-corrected chi connectivity index (χ0v) is 12.7. The summed E-state index contributed by atoms with van der Waals surface area (Å²) < 4.78 is 0. The Hall–Kier alpha value is -2.09. The first kappa shape index (κ1) is 13.9. The van der Waals surface area contributed by atoms with Gasteiger partial charge in [-0.1, -0.05) is 42.0 Å². The van der Waals surface area contributed by atoms with Crippen LogP contribution in [-0.2, 0) is 10.2 Å². The molecule has 0 atom stereocenters. The van der Waals surface area contributed by atoms with E-state index in [1.165, 1.54) is 22.3 Å². The van der Waals surface area contributed by atoms with Crippen LogP contribution in [0.3, 0.4) is 0 Å². The van der Waals surface area contributed by atoms with Gasteiger partial charge in [-0.15, -0.1) is 0 Å². The van der Waals surface area contributed by atoms with Gasteiger partial charge in [0.05, 0.1) is 5.41 Å².